The van der Waals surface area contributed by atoms with E-state index in [2.05, 4.69) is 33.0 Å². The maximum atomic E-state index is 13.3. The van der Waals surface area contributed by atoms with E-state index < -0.39 is 0 Å². The molecule has 0 saturated carbocycles. The Morgan fingerprint density at radius 1 is 1.10 bits per heavy atom. The van der Waals surface area contributed by atoms with Crippen molar-refractivity contribution in [3.63, 3.8) is 0 Å². The largest absolute Gasteiger partial charge is 0.316 e. The van der Waals surface area contributed by atoms with Gasteiger partial charge < -0.3 is 5.32 Å². The van der Waals surface area contributed by atoms with Gasteiger partial charge in [-0.05, 0) is 60.8 Å². The lowest BCUT2D eigenvalue weighted by Gasteiger charge is -2.47. The summed E-state index contributed by atoms with van der Waals surface area (Å²) < 4.78 is 13.3. The first-order valence-corrected chi connectivity index (χ1v) is 8.39. The first-order chi connectivity index (χ1) is 9.93. The molecule has 1 aliphatic heterocycles. The Kier molecular flexibility index (Phi) is 5.43. The van der Waals surface area contributed by atoms with Crippen LogP contribution in [-0.2, 0) is 0 Å². The van der Waals surface area contributed by atoms with Crippen LogP contribution in [0, 0.1) is 23.1 Å². The van der Waals surface area contributed by atoms with Crippen molar-refractivity contribution in [3.8, 4) is 0 Å². The van der Waals surface area contributed by atoms with Crippen LogP contribution in [0.5, 0.6) is 0 Å². The van der Waals surface area contributed by atoms with E-state index in [-0.39, 0.29) is 5.82 Å². The third-order valence-electron chi connectivity index (χ3n) is 4.79. The average Bonchev–Trinajstić information content (AvgIpc) is 2.39. The maximum Gasteiger partial charge on any atom is 0.123 e. The van der Waals surface area contributed by atoms with Crippen LogP contribution >= 0.6 is 0 Å². The van der Waals surface area contributed by atoms with Crippen molar-refractivity contribution >= 4 is 0 Å². The molecule has 0 aliphatic carbocycles. The number of hydrogen-bond donors (Lipinski definition) is 1. The van der Waals surface area contributed by atoms with Gasteiger partial charge in [0.2, 0.25) is 0 Å². The van der Waals surface area contributed by atoms with Crippen LogP contribution in [0.2, 0.25) is 0 Å². The molecule has 1 saturated heterocycles. The molecule has 1 unspecified atom stereocenters. The smallest absolute Gasteiger partial charge is 0.123 e. The summed E-state index contributed by atoms with van der Waals surface area (Å²) in [6.45, 7) is 11.4. The summed E-state index contributed by atoms with van der Waals surface area (Å²) >= 11 is 0. The first-order valence-electron chi connectivity index (χ1n) is 8.39. The predicted molar refractivity (Wildman–Crippen MR) is 88.0 cm³/mol. The van der Waals surface area contributed by atoms with Gasteiger partial charge in [0.1, 0.15) is 5.82 Å². The van der Waals surface area contributed by atoms with E-state index in [1.807, 2.05) is 12.1 Å². The van der Waals surface area contributed by atoms with Gasteiger partial charge in [0, 0.05) is 12.5 Å². The highest BCUT2D eigenvalue weighted by Gasteiger charge is 2.41. The standard InChI is InChI=1S/C19H30FN/c1-14(2)11-19(12-15(3)4)9-10-21-13-18(19)16-5-7-17(20)8-6-16/h5-8,14-15,18,21H,9-13H2,1-4H3. The fourth-order valence-electron chi connectivity index (χ4n) is 4.34. The van der Waals surface area contributed by atoms with Crippen molar-refractivity contribution in [2.45, 2.75) is 52.9 Å². The van der Waals surface area contributed by atoms with Crippen LogP contribution in [0.3, 0.4) is 0 Å². The number of halogens is 1. The summed E-state index contributed by atoms with van der Waals surface area (Å²) in [5.74, 6) is 1.76. The van der Waals surface area contributed by atoms with E-state index >= 15 is 0 Å². The molecule has 1 N–H and O–H groups in total. The molecular weight excluding hydrogens is 261 g/mol. The zero-order chi connectivity index (χ0) is 15.5. The van der Waals surface area contributed by atoms with Crippen molar-refractivity contribution < 1.29 is 4.39 Å². The molecule has 1 aliphatic rings. The SMILES string of the molecule is CC(C)CC1(CC(C)C)CCNCC1c1ccc(F)cc1. The van der Waals surface area contributed by atoms with Crippen LogP contribution in [-0.4, -0.2) is 13.1 Å². The Hall–Kier alpha value is -0.890. The van der Waals surface area contributed by atoms with E-state index in [4.69, 9.17) is 0 Å². The zero-order valence-electron chi connectivity index (χ0n) is 14.0. The maximum absolute atomic E-state index is 13.3. The Balaban J connectivity index is 2.34. The van der Waals surface area contributed by atoms with Gasteiger partial charge in [-0.25, -0.2) is 4.39 Å². The molecule has 1 fully saturated rings. The van der Waals surface area contributed by atoms with Crippen LogP contribution in [0.25, 0.3) is 0 Å². The van der Waals surface area contributed by atoms with Crippen molar-refractivity contribution in [2.24, 2.45) is 17.3 Å². The van der Waals surface area contributed by atoms with Crippen molar-refractivity contribution in [1.82, 2.24) is 5.32 Å². The second-order valence-corrected chi connectivity index (χ2v) is 7.62. The highest BCUT2D eigenvalue weighted by Crippen LogP contribution is 2.49. The van der Waals surface area contributed by atoms with E-state index in [1.165, 1.54) is 24.8 Å². The molecule has 21 heavy (non-hydrogen) atoms. The Morgan fingerprint density at radius 2 is 1.67 bits per heavy atom. The fraction of sp³-hybridized carbons (Fsp3) is 0.684. The van der Waals surface area contributed by atoms with Crippen LogP contribution < -0.4 is 5.32 Å². The lowest BCUT2D eigenvalue weighted by atomic mass is 9.61. The second kappa shape index (κ2) is 6.91. The molecule has 2 heteroatoms. The summed E-state index contributed by atoms with van der Waals surface area (Å²) in [7, 11) is 0. The molecule has 0 aromatic heterocycles. The van der Waals surface area contributed by atoms with E-state index in [0.717, 1.165) is 13.1 Å². The Labute approximate surface area is 129 Å². The minimum Gasteiger partial charge on any atom is -0.316 e. The summed E-state index contributed by atoms with van der Waals surface area (Å²) in [6.07, 6.45) is 3.75. The Morgan fingerprint density at radius 3 is 2.19 bits per heavy atom. The molecular formula is C19H30FN. The molecule has 0 bridgehead atoms. The first kappa shape index (κ1) is 16.5. The number of hydrogen-bond acceptors (Lipinski definition) is 1. The topological polar surface area (TPSA) is 12.0 Å². The third-order valence-corrected chi connectivity index (χ3v) is 4.79. The van der Waals surface area contributed by atoms with Crippen molar-refractivity contribution in [2.75, 3.05) is 13.1 Å². The molecule has 1 nitrogen and oxygen atoms in total. The van der Waals surface area contributed by atoms with Gasteiger partial charge >= 0.3 is 0 Å². The van der Waals surface area contributed by atoms with Gasteiger partial charge in [0.15, 0.2) is 0 Å². The quantitative estimate of drug-likeness (QED) is 0.806. The lowest BCUT2D eigenvalue weighted by Crippen LogP contribution is -2.45. The summed E-state index contributed by atoms with van der Waals surface area (Å²) in [6, 6.07) is 7.20. The number of rotatable bonds is 5. The van der Waals surface area contributed by atoms with Crippen LogP contribution in [0.4, 0.5) is 4.39 Å². The van der Waals surface area contributed by atoms with E-state index in [0.29, 0.717) is 23.2 Å². The summed E-state index contributed by atoms with van der Waals surface area (Å²) in [5.41, 5.74) is 1.65. The lowest BCUT2D eigenvalue weighted by molar-refractivity contribution is 0.0971. The number of benzene rings is 1. The number of piperidine rings is 1. The van der Waals surface area contributed by atoms with Crippen molar-refractivity contribution in [3.05, 3.63) is 35.6 Å². The van der Waals surface area contributed by atoms with Gasteiger partial charge in [0.25, 0.3) is 0 Å². The minimum absolute atomic E-state index is 0.138. The highest BCUT2D eigenvalue weighted by molar-refractivity contribution is 5.24. The second-order valence-electron chi connectivity index (χ2n) is 7.62. The van der Waals surface area contributed by atoms with E-state index in [9.17, 15) is 4.39 Å². The monoisotopic (exact) mass is 291 g/mol. The highest BCUT2D eigenvalue weighted by atomic mass is 19.1. The van der Waals surface area contributed by atoms with Gasteiger partial charge in [-0.2, -0.15) is 0 Å². The summed E-state index contributed by atoms with van der Waals surface area (Å²) in [5, 5.41) is 3.56. The molecule has 118 valence electrons. The Bertz CT molecular complexity index is 425. The van der Waals surface area contributed by atoms with Gasteiger partial charge in [0.05, 0.1) is 0 Å². The molecule has 0 radical (unpaired) electrons. The zero-order valence-corrected chi connectivity index (χ0v) is 14.0. The molecule has 0 spiro atoms. The number of nitrogens with one attached hydrogen (secondary N) is 1. The predicted octanol–water partition coefficient (Wildman–Crippen LogP) is 4.98. The fourth-order valence-corrected chi connectivity index (χ4v) is 4.34. The summed E-state index contributed by atoms with van der Waals surface area (Å²) in [4.78, 5) is 0. The van der Waals surface area contributed by atoms with Crippen LogP contribution in [0.1, 0.15) is 58.4 Å². The van der Waals surface area contributed by atoms with Crippen LogP contribution in [0.15, 0.2) is 24.3 Å². The molecule has 1 atom stereocenters. The molecule has 0 amide bonds. The molecule has 1 aromatic rings. The van der Waals surface area contributed by atoms with Gasteiger partial charge in [-0.3, -0.25) is 0 Å². The van der Waals surface area contributed by atoms with Gasteiger partial charge in [-0.1, -0.05) is 39.8 Å². The van der Waals surface area contributed by atoms with E-state index in [1.54, 1.807) is 12.1 Å². The van der Waals surface area contributed by atoms with Gasteiger partial charge in [-0.15, -0.1) is 0 Å². The molecule has 2 rings (SSSR count). The normalized spacial score (nSPS) is 22.0. The molecule has 1 heterocycles. The minimum atomic E-state index is -0.138. The third kappa shape index (κ3) is 4.06. The average molecular weight is 291 g/mol. The van der Waals surface area contributed by atoms with Crippen molar-refractivity contribution in [1.29, 1.82) is 0 Å². The molecule has 1 aromatic carbocycles.